The zero-order valence-corrected chi connectivity index (χ0v) is 14.6. The number of aliphatic imine (C=N–C) groups is 1. The Morgan fingerprint density at radius 1 is 1.40 bits per heavy atom. The van der Waals surface area contributed by atoms with Crippen LogP contribution < -0.4 is 10.6 Å². The Labute approximate surface area is 128 Å². The van der Waals surface area contributed by atoms with Gasteiger partial charge in [-0.25, -0.2) is 0 Å². The minimum Gasteiger partial charge on any atom is -0.379 e. The molecule has 0 aliphatic heterocycles. The standard InChI is InChI=1S/C15H31N3OS/c1-15(2,3)13(19-5)10-17-14(16-4)18-11-7-8-12(9-11)20-6/h11-13H,7-10H2,1-6H3,(H2,16,17,18). The Hall–Kier alpha value is -0.420. The summed E-state index contributed by atoms with van der Waals surface area (Å²) in [6, 6.07) is 0.550. The summed E-state index contributed by atoms with van der Waals surface area (Å²) in [6.07, 6.45) is 6.14. The van der Waals surface area contributed by atoms with E-state index in [4.69, 9.17) is 4.74 Å². The maximum Gasteiger partial charge on any atom is 0.191 e. The van der Waals surface area contributed by atoms with Crippen LogP contribution in [0.4, 0.5) is 0 Å². The second kappa shape index (κ2) is 8.13. The summed E-state index contributed by atoms with van der Waals surface area (Å²) in [6.45, 7) is 7.36. The second-order valence-electron chi connectivity index (χ2n) is 6.56. The number of hydrogen-bond donors (Lipinski definition) is 2. The highest BCUT2D eigenvalue weighted by Crippen LogP contribution is 2.28. The van der Waals surface area contributed by atoms with Crippen molar-refractivity contribution < 1.29 is 4.74 Å². The van der Waals surface area contributed by atoms with Crippen LogP contribution in [0.25, 0.3) is 0 Å². The molecule has 4 nitrogen and oxygen atoms in total. The topological polar surface area (TPSA) is 45.7 Å². The fourth-order valence-electron chi connectivity index (χ4n) is 2.61. The number of guanidine groups is 1. The number of thioether (sulfide) groups is 1. The Morgan fingerprint density at radius 2 is 2.10 bits per heavy atom. The molecule has 3 atom stereocenters. The Balaban J connectivity index is 2.41. The minimum absolute atomic E-state index is 0.123. The van der Waals surface area contributed by atoms with Crippen LogP contribution in [-0.4, -0.2) is 50.3 Å². The summed E-state index contributed by atoms with van der Waals surface area (Å²) in [5, 5.41) is 7.72. The van der Waals surface area contributed by atoms with Gasteiger partial charge >= 0.3 is 0 Å². The van der Waals surface area contributed by atoms with Crippen LogP contribution in [0.3, 0.4) is 0 Å². The fraction of sp³-hybridized carbons (Fsp3) is 0.933. The maximum absolute atomic E-state index is 5.57. The SMILES string of the molecule is CN=C(NCC(OC)C(C)(C)C)NC1CCC(SC)C1. The van der Waals surface area contributed by atoms with Crippen molar-refractivity contribution >= 4 is 17.7 Å². The van der Waals surface area contributed by atoms with Crippen LogP contribution >= 0.6 is 11.8 Å². The fourth-order valence-corrected chi connectivity index (χ4v) is 3.40. The lowest BCUT2D eigenvalue weighted by atomic mass is 9.89. The second-order valence-corrected chi connectivity index (χ2v) is 7.69. The molecule has 0 heterocycles. The van der Waals surface area contributed by atoms with Crippen molar-refractivity contribution in [1.82, 2.24) is 10.6 Å². The van der Waals surface area contributed by atoms with Crippen LogP contribution in [-0.2, 0) is 4.74 Å². The Morgan fingerprint density at radius 3 is 2.55 bits per heavy atom. The van der Waals surface area contributed by atoms with Gasteiger partial charge in [-0.15, -0.1) is 0 Å². The summed E-state index contributed by atoms with van der Waals surface area (Å²) in [5.41, 5.74) is 0.123. The van der Waals surface area contributed by atoms with Gasteiger partial charge in [0.2, 0.25) is 0 Å². The van der Waals surface area contributed by atoms with Gasteiger partial charge in [-0.05, 0) is 30.9 Å². The zero-order chi connectivity index (χ0) is 15.2. The highest BCUT2D eigenvalue weighted by atomic mass is 32.2. The summed E-state index contributed by atoms with van der Waals surface area (Å²) >= 11 is 1.98. The molecule has 20 heavy (non-hydrogen) atoms. The van der Waals surface area contributed by atoms with Crippen molar-refractivity contribution in [2.75, 3.05) is 27.0 Å². The van der Waals surface area contributed by atoms with E-state index in [9.17, 15) is 0 Å². The van der Waals surface area contributed by atoms with Crippen LogP contribution in [0.1, 0.15) is 40.0 Å². The molecule has 0 aromatic carbocycles. The summed E-state index contributed by atoms with van der Waals surface area (Å²) in [7, 11) is 3.60. The number of rotatable bonds is 5. The monoisotopic (exact) mass is 301 g/mol. The van der Waals surface area contributed by atoms with E-state index >= 15 is 0 Å². The first-order chi connectivity index (χ1) is 9.40. The van der Waals surface area contributed by atoms with Gasteiger partial charge in [0.1, 0.15) is 0 Å². The lowest BCUT2D eigenvalue weighted by molar-refractivity contribution is 0.0205. The number of nitrogens with one attached hydrogen (secondary N) is 2. The molecule has 1 fully saturated rings. The summed E-state index contributed by atoms with van der Waals surface area (Å²) in [4.78, 5) is 4.32. The predicted molar refractivity (Wildman–Crippen MR) is 89.7 cm³/mol. The molecule has 1 aliphatic rings. The van der Waals surface area contributed by atoms with E-state index in [1.54, 1.807) is 7.11 Å². The van der Waals surface area contributed by atoms with Crippen LogP contribution in [0.15, 0.2) is 4.99 Å². The predicted octanol–water partition coefficient (Wildman–Crippen LogP) is 2.50. The molecule has 0 aromatic rings. The van der Waals surface area contributed by atoms with Gasteiger partial charge in [0.05, 0.1) is 6.10 Å². The highest BCUT2D eigenvalue weighted by Gasteiger charge is 2.26. The molecule has 0 amide bonds. The summed E-state index contributed by atoms with van der Waals surface area (Å²) < 4.78 is 5.57. The molecule has 0 bridgehead atoms. The van der Waals surface area contributed by atoms with Crippen molar-refractivity contribution in [3.05, 3.63) is 0 Å². The molecule has 3 unspecified atom stereocenters. The van der Waals surface area contributed by atoms with Crippen molar-refractivity contribution in [3.8, 4) is 0 Å². The molecule has 1 saturated carbocycles. The lowest BCUT2D eigenvalue weighted by Crippen LogP contribution is -2.47. The van der Waals surface area contributed by atoms with E-state index in [2.05, 4.69) is 42.7 Å². The van der Waals surface area contributed by atoms with E-state index in [1.165, 1.54) is 19.3 Å². The Kier molecular flexibility index (Phi) is 7.17. The van der Waals surface area contributed by atoms with Crippen LogP contribution in [0.5, 0.6) is 0 Å². The number of methoxy groups -OCH3 is 1. The van der Waals surface area contributed by atoms with Gasteiger partial charge in [0, 0.05) is 32.0 Å². The van der Waals surface area contributed by atoms with Gasteiger partial charge in [-0.1, -0.05) is 20.8 Å². The van der Waals surface area contributed by atoms with E-state index in [0.717, 1.165) is 17.8 Å². The normalized spacial score (nSPS) is 25.6. The average Bonchev–Trinajstić information content (AvgIpc) is 2.84. The zero-order valence-electron chi connectivity index (χ0n) is 13.8. The van der Waals surface area contributed by atoms with Gasteiger partial charge in [-0.3, -0.25) is 4.99 Å². The third kappa shape index (κ3) is 5.52. The molecule has 0 spiro atoms. The quantitative estimate of drug-likeness (QED) is 0.605. The van der Waals surface area contributed by atoms with Crippen LogP contribution in [0, 0.1) is 5.41 Å². The molecular formula is C15H31N3OS. The molecule has 1 aliphatic carbocycles. The Bertz CT molecular complexity index is 315. The van der Waals surface area contributed by atoms with Crippen molar-refractivity contribution in [3.63, 3.8) is 0 Å². The van der Waals surface area contributed by atoms with E-state index in [0.29, 0.717) is 6.04 Å². The van der Waals surface area contributed by atoms with Gasteiger partial charge in [0.15, 0.2) is 5.96 Å². The molecule has 0 radical (unpaired) electrons. The van der Waals surface area contributed by atoms with Crippen molar-refractivity contribution in [2.45, 2.75) is 57.4 Å². The van der Waals surface area contributed by atoms with E-state index < -0.39 is 0 Å². The third-order valence-electron chi connectivity index (χ3n) is 3.99. The maximum atomic E-state index is 5.57. The molecule has 5 heteroatoms. The lowest BCUT2D eigenvalue weighted by Gasteiger charge is -2.30. The van der Waals surface area contributed by atoms with Gasteiger partial charge < -0.3 is 15.4 Å². The van der Waals surface area contributed by atoms with Gasteiger partial charge in [0.25, 0.3) is 0 Å². The highest BCUT2D eigenvalue weighted by molar-refractivity contribution is 7.99. The number of hydrogen-bond acceptors (Lipinski definition) is 3. The number of nitrogens with zero attached hydrogens (tertiary/aromatic N) is 1. The van der Waals surface area contributed by atoms with E-state index in [1.807, 2.05) is 18.8 Å². The molecule has 0 aromatic heterocycles. The third-order valence-corrected chi connectivity index (χ3v) is 5.08. The molecule has 0 saturated heterocycles. The van der Waals surface area contributed by atoms with Crippen molar-refractivity contribution in [1.29, 1.82) is 0 Å². The van der Waals surface area contributed by atoms with Crippen molar-refractivity contribution in [2.24, 2.45) is 10.4 Å². The van der Waals surface area contributed by atoms with E-state index in [-0.39, 0.29) is 11.5 Å². The smallest absolute Gasteiger partial charge is 0.191 e. The summed E-state index contributed by atoms with van der Waals surface area (Å²) in [5.74, 6) is 0.892. The molecule has 118 valence electrons. The number of ether oxygens (including phenoxy) is 1. The minimum atomic E-state index is 0.123. The average molecular weight is 302 g/mol. The van der Waals surface area contributed by atoms with Crippen LogP contribution in [0.2, 0.25) is 0 Å². The van der Waals surface area contributed by atoms with Gasteiger partial charge in [-0.2, -0.15) is 11.8 Å². The molecule has 1 rings (SSSR count). The molecular weight excluding hydrogens is 270 g/mol. The molecule has 2 N–H and O–H groups in total. The largest absolute Gasteiger partial charge is 0.379 e. The first-order valence-electron chi connectivity index (χ1n) is 7.43. The first-order valence-corrected chi connectivity index (χ1v) is 8.72. The first kappa shape index (κ1) is 17.6.